The van der Waals surface area contributed by atoms with Crippen LogP contribution in [0.25, 0.3) is 0 Å². The number of hydrogen-bond donors (Lipinski definition) is 3. The fourth-order valence-electron chi connectivity index (χ4n) is 8.39. The summed E-state index contributed by atoms with van der Waals surface area (Å²) in [5.74, 6) is 4.48. The molecule has 0 saturated heterocycles. The van der Waals surface area contributed by atoms with E-state index in [1.165, 1.54) is 38.5 Å². The van der Waals surface area contributed by atoms with Crippen molar-refractivity contribution in [2.24, 2.45) is 46.7 Å². The number of methoxy groups -OCH3 is 1. The third-order valence-electron chi connectivity index (χ3n) is 9.71. The fraction of sp³-hybridized carbons (Fsp3) is 0.960. The second-order valence-electron chi connectivity index (χ2n) is 11.7. The third kappa shape index (κ3) is 4.24. The van der Waals surface area contributed by atoms with Gasteiger partial charge in [-0.2, -0.15) is 0 Å². The average Bonchev–Trinajstić information content (AvgIpc) is 3.04. The Labute approximate surface area is 182 Å². The Kier molecular flexibility index (Phi) is 6.66. The number of carbonyl (C=O) groups excluding carboxylic acids is 1. The molecule has 4 fully saturated rings. The summed E-state index contributed by atoms with van der Waals surface area (Å²) in [7, 11) is 1.66. The highest BCUT2D eigenvalue weighted by molar-refractivity contribution is 5.84. The molecule has 0 aliphatic heterocycles. The molecule has 4 N–H and O–H groups in total. The molecule has 9 atom stereocenters. The van der Waals surface area contributed by atoms with E-state index in [1.807, 2.05) is 6.92 Å². The van der Waals surface area contributed by atoms with Crippen LogP contribution in [0.3, 0.4) is 0 Å². The van der Waals surface area contributed by atoms with Gasteiger partial charge in [0.05, 0.1) is 18.8 Å². The van der Waals surface area contributed by atoms with Crippen LogP contribution in [0.15, 0.2) is 0 Å². The van der Waals surface area contributed by atoms with E-state index < -0.39 is 5.60 Å². The molecule has 0 heterocycles. The molecule has 0 bridgehead atoms. The van der Waals surface area contributed by atoms with Crippen molar-refractivity contribution in [3.8, 4) is 0 Å². The molecular formula is C25H44N2O3. The number of nitrogens with two attached hydrogens (primary N) is 1. The smallest absolute Gasteiger partial charge is 0.150 e. The SMILES string of the molecule is COCC(N)CNCC(=O)C1CCC2C3CCC4C[C@](C)(O)CCC4C3CC[C@]12C. The summed E-state index contributed by atoms with van der Waals surface area (Å²) in [6, 6.07) is -0.0587. The van der Waals surface area contributed by atoms with Gasteiger partial charge in [-0.05, 0) is 99.7 Å². The highest BCUT2D eigenvalue weighted by Crippen LogP contribution is 2.64. The van der Waals surface area contributed by atoms with Gasteiger partial charge in [-0.3, -0.25) is 4.79 Å². The molecule has 30 heavy (non-hydrogen) atoms. The molecule has 0 aromatic carbocycles. The van der Waals surface area contributed by atoms with E-state index in [4.69, 9.17) is 10.5 Å². The fourth-order valence-corrected chi connectivity index (χ4v) is 8.39. The molecule has 0 spiro atoms. The molecular weight excluding hydrogens is 376 g/mol. The molecule has 4 rings (SSSR count). The molecule has 0 aromatic rings. The molecule has 7 unspecified atom stereocenters. The standard InChI is InChI=1S/C25H44N2O3/c1-24(29)10-8-18-16(12-24)4-5-20-19(18)9-11-25(2)21(20)6-7-22(25)23(28)14-27-13-17(26)15-30-3/h16-22,27,29H,4-15,26H2,1-3H3/t16?,17?,18?,19?,20?,21?,22?,24-,25+/m1/s1. The summed E-state index contributed by atoms with van der Waals surface area (Å²) in [5, 5.41) is 13.9. The Balaban J connectivity index is 1.37. The van der Waals surface area contributed by atoms with Gasteiger partial charge in [0.1, 0.15) is 5.78 Å². The zero-order chi connectivity index (χ0) is 21.5. The Morgan fingerprint density at radius 2 is 1.87 bits per heavy atom. The number of aliphatic hydroxyl groups is 1. The van der Waals surface area contributed by atoms with Gasteiger partial charge in [-0.15, -0.1) is 0 Å². The lowest BCUT2D eigenvalue weighted by atomic mass is 9.49. The lowest BCUT2D eigenvalue weighted by Crippen LogP contribution is -2.51. The summed E-state index contributed by atoms with van der Waals surface area (Å²) < 4.78 is 5.08. The predicted octanol–water partition coefficient (Wildman–Crippen LogP) is 3.14. The van der Waals surface area contributed by atoms with Crippen LogP contribution in [0.5, 0.6) is 0 Å². The molecule has 0 aromatic heterocycles. The van der Waals surface area contributed by atoms with Crippen molar-refractivity contribution in [3.05, 3.63) is 0 Å². The Morgan fingerprint density at radius 1 is 1.10 bits per heavy atom. The second-order valence-corrected chi connectivity index (χ2v) is 11.7. The van der Waals surface area contributed by atoms with E-state index >= 15 is 0 Å². The Bertz CT molecular complexity index is 624. The largest absolute Gasteiger partial charge is 0.390 e. The van der Waals surface area contributed by atoms with Gasteiger partial charge >= 0.3 is 0 Å². The summed E-state index contributed by atoms with van der Waals surface area (Å²) >= 11 is 0. The number of nitrogens with one attached hydrogen (secondary N) is 1. The van der Waals surface area contributed by atoms with Crippen LogP contribution in [0, 0.1) is 40.9 Å². The summed E-state index contributed by atoms with van der Waals surface area (Å²) in [6.45, 7) is 6.06. The molecule has 172 valence electrons. The molecule has 0 amide bonds. The minimum absolute atomic E-state index is 0.0587. The lowest BCUT2D eigenvalue weighted by Gasteiger charge is -2.56. The normalized spacial score (nSPS) is 46.6. The van der Waals surface area contributed by atoms with Gasteiger partial charge in [-0.1, -0.05) is 6.92 Å². The highest BCUT2D eigenvalue weighted by Gasteiger charge is 2.58. The van der Waals surface area contributed by atoms with Crippen LogP contribution in [-0.4, -0.2) is 49.3 Å². The van der Waals surface area contributed by atoms with Gasteiger partial charge in [0.2, 0.25) is 0 Å². The van der Waals surface area contributed by atoms with Crippen molar-refractivity contribution < 1.29 is 14.6 Å². The van der Waals surface area contributed by atoms with Crippen LogP contribution >= 0.6 is 0 Å². The monoisotopic (exact) mass is 420 g/mol. The summed E-state index contributed by atoms with van der Waals surface area (Å²) in [6.07, 6.45) is 10.6. The van der Waals surface area contributed by atoms with E-state index in [1.54, 1.807) is 7.11 Å². The van der Waals surface area contributed by atoms with Crippen LogP contribution in [0.4, 0.5) is 0 Å². The first kappa shape index (κ1) is 22.7. The number of hydrogen-bond acceptors (Lipinski definition) is 5. The van der Waals surface area contributed by atoms with E-state index in [0.717, 1.165) is 42.9 Å². The molecule has 4 aliphatic rings. The van der Waals surface area contributed by atoms with Crippen molar-refractivity contribution in [1.29, 1.82) is 0 Å². The summed E-state index contributed by atoms with van der Waals surface area (Å²) in [4.78, 5) is 13.1. The first-order chi connectivity index (χ1) is 14.2. The maximum atomic E-state index is 13.1. The first-order valence-corrected chi connectivity index (χ1v) is 12.5. The first-order valence-electron chi connectivity index (χ1n) is 12.5. The molecule has 4 aliphatic carbocycles. The molecule has 5 nitrogen and oxygen atoms in total. The molecule has 0 radical (unpaired) electrons. The minimum Gasteiger partial charge on any atom is -0.390 e. The second kappa shape index (κ2) is 8.80. The lowest BCUT2D eigenvalue weighted by molar-refractivity contribution is -0.131. The topological polar surface area (TPSA) is 84.6 Å². The van der Waals surface area contributed by atoms with E-state index in [0.29, 0.717) is 31.4 Å². The van der Waals surface area contributed by atoms with Crippen LogP contribution in [-0.2, 0) is 9.53 Å². The Hall–Kier alpha value is -0.490. The quantitative estimate of drug-likeness (QED) is 0.589. The molecule has 5 heteroatoms. The summed E-state index contributed by atoms with van der Waals surface area (Å²) in [5.41, 5.74) is 5.72. The van der Waals surface area contributed by atoms with Gasteiger partial charge < -0.3 is 20.9 Å². The third-order valence-corrected chi connectivity index (χ3v) is 9.71. The van der Waals surface area contributed by atoms with Gasteiger partial charge in [-0.25, -0.2) is 0 Å². The van der Waals surface area contributed by atoms with Crippen molar-refractivity contribution in [1.82, 2.24) is 5.32 Å². The van der Waals surface area contributed by atoms with Crippen molar-refractivity contribution in [3.63, 3.8) is 0 Å². The number of ether oxygens (including phenoxy) is 1. The Morgan fingerprint density at radius 3 is 2.63 bits per heavy atom. The van der Waals surface area contributed by atoms with Crippen LogP contribution in [0.2, 0.25) is 0 Å². The van der Waals surface area contributed by atoms with Gasteiger partial charge in [0.15, 0.2) is 0 Å². The number of rotatable bonds is 7. The van der Waals surface area contributed by atoms with Crippen molar-refractivity contribution in [2.75, 3.05) is 26.8 Å². The maximum absolute atomic E-state index is 13.1. The predicted molar refractivity (Wildman–Crippen MR) is 119 cm³/mol. The zero-order valence-corrected chi connectivity index (χ0v) is 19.4. The molecule has 4 saturated carbocycles. The zero-order valence-electron chi connectivity index (χ0n) is 19.4. The highest BCUT2D eigenvalue weighted by atomic mass is 16.5. The van der Waals surface area contributed by atoms with Crippen LogP contribution < -0.4 is 11.1 Å². The maximum Gasteiger partial charge on any atom is 0.150 e. The average molecular weight is 421 g/mol. The van der Waals surface area contributed by atoms with Crippen molar-refractivity contribution >= 4 is 5.78 Å². The number of carbonyl (C=O) groups is 1. The van der Waals surface area contributed by atoms with Gasteiger partial charge in [0.25, 0.3) is 0 Å². The number of Topliss-reactive ketones (excluding diaryl/α,β-unsaturated/α-hetero) is 1. The van der Waals surface area contributed by atoms with E-state index in [9.17, 15) is 9.90 Å². The van der Waals surface area contributed by atoms with E-state index in [-0.39, 0.29) is 17.4 Å². The van der Waals surface area contributed by atoms with Crippen molar-refractivity contribution in [2.45, 2.75) is 83.3 Å². The number of fused-ring (bicyclic) bond motifs is 5. The number of ketones is 1. The van der Waals surface area contributed by atoms with Gasteiger partial charge in [0, 0.05) is 25.6 Å². The minimum atomic E-state index is -0.444. The van der Waals surface area contributed by atoms with Crippen LogP contribution in [0.1, 0.15) is 71.6 Å². The van der Waals surface area contributed by atoms with E-state index in [2.05, 4.69) is 12.2 Å².